The quantitative estimate of drug-likeness (QED) is 0.413. The van der Waals surface area contributed by atoms with Crippen molar-refractivity contribution in [2.45, 2.75) is 24.2 Å². The fourth-order valence-corrected chi connectivity index (χ4v) is 4.18. The average Bonchev–Trinajstić information content (AvgIpc) is 2.71. The number of hydrogen-bond acceptors (Lipinski definition) is 4. The Morgan fingerprint density at radius 1 is 1.10 bits per heavy atom. The van der Waals surface area contributed by atoms with Crippen molar-refractivity contribution in [2.24, 2.45) is 0 Å². The average molecular weight is 450 g/mol. The molecule has 0 unspecified atom stereocenters. The van der Waals surface area contributed by atoms with Gasteiger partial charge in [0.15, 0.2) is 10.9 Å². The van der Waals surface area contributed by atoms with Gasteiger partial charge in [-0.05, 0) is 36.6 Å². The molecule has 0 radical (unpaired) electrons. The molecule has 30 heavy (non-hydrogen) atoms. The lowest BCUT2D eigenvalue weighted by atomic mass is 9.88. The highest BCUT2D eigenvalue weighted by atomic mass is 35.5. The molecule has 2 aromatic carbocycles. The number of aryl methyl sites for hydroxylation is 1. The van der Waals surface area contributed by atoms with E-state index < -0.39 is 17.8 Å². The van der Waals surface area contributed by atoms with Crippen molar-refractivity contribution in [3.8, 4) is 11.3 Å². The van der Waals surface area contributed by atoms with Crippen LogP contribution in [0.15, 0.2) is 53.7 Å². The lowest BCUT2D eigenvalue weighted by Crippen LogP contribution is -2.19. The van der Waals surface area contributed by atoms with Gasteiger partial charge in [0.1, 0.15) is 0 Å². The van der Waals surface area contributed by atoms with Crippen molar-refractivity contribution in [3.05, 3.63) is 70.4 Å². The SMILES string of the molecule is O=C(CSc1nc2c(c(C(F)(F)F)n1)CCc1ccccc1-2)Nc1cccc(Cl)c1. The number of alkyl halides is 3. The van der Waals surface area contributed by atoms with Gasteiger partial charge in [0.2, 0.25) is 5.91 Å². The number of carbonyl (C=O) groups excluding carboxylic acids is 1. The van der Waals surface area contributed by atoms with Crippen LogP contribution in [0.2, 0.25) is 5.02 Å². The Bertz CT molecular complexity index is 1120. The van der Waals surface area contributed by atoms with E-state index in [1.807, 2.05) is 12.1 Å². The molecule has 154 valence electrons. The van der Waals surface area contributed by atoms with Crippen molar-refractivity contribution in [1.29, 1.82) is 0 Å². The second kappa shape index (κ2) is 8.28. The number of fused-ring (bicyclic) bond motifs is 3. The zero-order valence-corrected chi connectivity index (χ0v) is 17.0. The maximum atomic E-state index is 13.7. The molecule has 4 rings (SSSR count). The minimum Gasteiger partial charge on any atom is -0.325 e. The fraction of sp³-hybridized carbons (Fsp3) is 0.190. The minimum atomic E-state index is -4.60. The number of thioether (sulfide) groups is 1. The Hall–Kier alpha value is -2.58. The number of halogens is 4. The van der Waals surface area contributed by atoms with Crippen LogP contribution in [-0.2, 0) is 23.8 Å². The molecule has 0 saturated carbocycles. The van der Waals surface area contributed by atoms with Gasteiger partial charge in [-0.1, -0.05) is 53.7 Å². The molecular formula is C21H15ClF3N3OS. The Morgan fingerprint density at radius 3 is 2.67 bits per heavy atom. The number of anilines is 1. The first-order valence-corrected chi connectivity index (χ1v) is 10.4. The number of rotatable bonds is 4. The third kappa shape index (κ3) is 4.44. The van der Waals surface area contributed by atoms with Crippen molar-refractivity contribution in [1.82, 2.24) is 9.97 Å². The highest BCUT2D eigenvalue weighted by Crippen LogP contribution is 2.40. The summed E-state index contributed by atoms with van der Waals surface area (Å²) >= 11 is 6.75. The fourth-order valence-electron chi connectivity index (χ4n) is 3.34. The van der Waals surface area contributed by atoms with Gasteiger partial charge < -0.3 is 5.32 Å². The van der Waals surface area contributed by atoms with Gasteiger partial charge in [-0.15, -0.1) is 0 Å². The monoisotopic (exact) mass is 449 g/mol. The third-order valence-electron chi connectivity index (χ3n) is 4.61. The van der Waals surface area contributed by atoms with Crippen LogP contribution in [0.3, 0.4) is 0 Å². The predicted octanol–water partition coefficient (Wildman–Crippen LogP) is 5.65. The Balaban J connectivity index is 1.60. The summed E-state index contributed by atoms with van der Waals surface area (Å²) in [6, 6.07) is 13.9. The summed E-state index contributed by atoms with van der Waals surface area (Å²) < 4.78 is 41.0. The van der Waals surface area contributed by atoms with Crippen LogP contribution in [-0.4, -0.2) is 21.6 Å². The second-order valence-electron chi connectivity index (χ2n) is 6.68. The van der Waals surface area contributed by atoms with Gasteiger partial charge in [0.05, 0.1) is 11.4 Å². The summed E-state index contributed by atoms with van der Waals surface area (Å²) in [5.74, 6) is -0.526. The zero-order valence-electron chi connectivity index (χ0n) is 15.5. The van der Waals surface area contributed by atoms with Crippen LogP contribution >= 0.6 is 23.4 Å². The standard InChI is InChI=1S/C21H15ClF3N3OS/c22-13-5-3-6-14(10-13)26-17(29)11-30-20-27-18-15-7-2-1-4-12(15)8-9-16(18)19(28-20)21(23,24)25/h1-7,10H,8-9,11H2,(H,26,29). The Morgan fingerprint density at radius 2 is 1.90 bits per heavy atom. The molecular weight excluding hydrogens is 435 g/mol. The van der Waals surface area contributed by atoms with Crippen LogP contribution in [0.4, 0.5) is 18.9 Å². The molecule has 1 amide bonds. The van der Waals surface area contributed by atoms with E-state index in [1.165, 1.54) is 0 Å². The summed E-state index contributed by atoms with van der Waals surface area (Å²) in [6.45, 7) is 0. The van der Waals surface area contributed by atoms with Gasteiger partial charge in [-0.2, -0.15) is 13.2 Å². The molecule has 0 fully saturated rings. The molecule has 0 saturated heterocycles. The molecule has 4 nitrogen and oxygen atoms in total. The van der Waals surface area contributed by atoms with Gasteiger partial charge in [-0.3, -0.25) is 4.79 Å². The van der Waals surface area contributed by atoms with E-state index in [0.717, 1.165) is 17.3 Å². The number of benzene rings is 2. The molecule has 1 aromatic heterocycles. The van der Waals surface area contributed by atoms with E-state index in [4.69, 9.17) is 11.6 Å². The number of hydrogen-bond donors (Lipinski definition) is 1. The molecule has 9 heteroatoms. The molecule has 0 aliphatic heterocycles. The van der Waals surface area contributed by atoms with Crippen molar-refractivity contribution in [2.75, 3.05) is 11.1 Å². The Kier molecular flexibility index (Phi) is 5.71. The number of nitrogens with one attached hydrogen (secondary N) is 1. The van der Waals surface area contributed by atoms with Crippen LogP contribution in [0, 0.1) is 0 Å². The lowest BCUT2D eigenvalue weighted by Gasteiger charge is -2.22. The maximum absolute atomic E-state index is 13.7. The second-order valence-corrected chi connectivity index (χ2v) is 8.06. The van der Waals surface area contributed by atoms with Gasteiger partial charge in [0.25, 0.3) is 0 Å². The van der Waals surface area contributed by atoms with Crippen molar-refractivity contribution in [3.63, 3.8) is 0 Å². The molecule has 3 aromatic rings. The first-order valence-electron chi connectivity index (χ1n) is 9.06. The number of aromatic nitrogens is 2. The lowest BCUT2D eigenvalue weighted by molar-refractivity contribution is -0.142. The van der Waals surface area contributed by atoms with Crippen molar-refractivity contribution < 1.29 is 18.0 Å². The molecule has 0 spiro atoms. The van der Waals surface area contributed by atoms with E-state index in [-0.39, 0.29) is 28.6 Å². The molecule has 1 aliphatic rings. The number of carbonyl (C=O) groups is 1. The molecule has 1 heterocycles. The summed E-state index contributed by atoms with van der Waals surface area (Å²) in [7, 11) is 0. The highest BCUT2D eigenvalue weighted by molar-refractivity contribution is 7.99. The van der Waals surface area contributed by atoms with E-state index in [2.05, 4.69) is 15.3 Å². The smallest absolute Gasteiger partial charge is 0.325 e. The summed E-state index contributed by atoms with van der Waals surface area (Å²) in [4.78, 5) is 20.3. The third-order valence-corrected chi connectivity index (χ3v) is 5.70. The van der Waals surface area contributed by atoms with E-state index in [1.54, 1.807) is 36.4 Å². The van der Waals surface area contributed by atoms with Crippen LogP contribution in [0.1, 0.15) is 16.8 Å². The first-order chi connectivity index (χ1) is 14.3. The molecule has 0 bridgehead atoms. The minimum absolute atomic E-state index is 0.0842. The van der Waals surface area contributed by atoms with Crippen molar-refractivity contribution >= 4 is 35.0 Å². The highest BCUT2D eigenvalue weighted by Gasteiger charge is 2.38. The number of amides is 1. The Labute approximate surface area is 179 Å². The number of nitrogens with zero attached hydrogens (tertiary/aromatic N) is 2. The van der Waals surface area contributed by atoms with Crippen LogP contribution < -0.4 is 5.32 Å². The summed E-state index contributed by atoms with van der Waals surface area (Å²) in [5.41, 5.74) is 1.60. The van der Waals surface area contributed by atoms with E-state index in [9.17, 15) is 18.0 Å². The normalized spacial score (nSPS) is 12.8. The largest absolute Gasteiger partial charge is 0.433 e. The molecule has 1 N–H and O–H groups in total. The van der Waals surface area contributed by atoms with E-state index in [0.29, 0.717) is 22.7 Å². The zero-order chi connectivity index (χ0) is 21.3. The van der Waals surface area contributed by atoms with Crippen LogP contribution in [0.25, 0.3) is 11.3 Å². The topological polar surface area (TPSA) is 54.9 Å². The molecule has 0 atom stereocenters. The maximum Gasteiger partial charge on any atom is 0.433 e. The molecule has 1 aliphatic carbocycles. The van der Waals surface area contributed by atoms with Crippen LogP contribution in [0.5, 0.6) is 0 Å². The summed E-state index contributed by atoms with van der Waals surface area (Å²) in [5, 5.41) is 3.03. The van der Waals surface area contributed by atoms with Gasteiger partial charge in [0, 0.05) is 21.8 Å². The summed E-state index contributed by atoms with van der Waals surface area (Å²) in [6.07, 6.45) is -3.87. The van der Waals surface area contributed by atoms with Gasteiger partial charge >= 0.3 is 6.18 Å². The van der Waals surface area contributed by atoms with Gasteiger partial charge in [-0.25, -0.2) is 9.97 Å². The van der Waals surface area contributed by atoms with E-state index >= 15 is 0 Å². The first kappa shape index (κ1) is 20.7. The predicted molar refractivity (Wildman–Crippen MR) is 111 cm³/mol.